The quantitative estimate of drug-likeness (QED) is 0.614. The largest absolute Gasteiger partial charge is 0.336 e. The smallest absolute Gasteiger partial charge is 0.262 e. The van der Waals surface area contributed by atoms with Crippen LogP contribution in [0.2, 0.25) is 0 Å². The van der Waals surface area contributed by atoms with E-state index in [2.05, 4.69) is 4.98 Å². The van der Waals surface area contributed by atoms with E-state index in [1.54, 1.807) is 35.5 Å². The fourth-order valence-electron chi connectivity index (χ4n) is 4.43. The van der Waals surface area contributed by atoms with Crippen molar-refractivity contribution >= 4 is 17.7 Å². The van der Waals surface area contributed by atoms with Crippen molar-refractivity contribution in [3.63, 3.8) is 0 Å². The highest BCUT2D eigenvalue weighted by atomic mass is 16.2. The Morgan fingerprint density at radius 1 is 1.00 bits per heavy atom. The number of carbonyl (C=O) groups is 3. The second-order valence-corrected chi connectivity index (χ2v) is 7.99. The summed E-state index contributed by atoms with van der Waals surface area (Å²) in [5.41, 5.74) is 3.58. The molecule has 156 valence electrons. The number of aromatic nitrogens is 2. The van der Waals surface area contributed by atoms with Crippen molar-refractivity contribution in [3.05, 3.63) is 89.0 Å². The summed E-state index contributed by atoms with van der Waals surface area (Å²) >= 11 is 0. The van der Waals surface area contributed by atoms with Crippen LogP contribution in [0, 0.1) is 0 Å². The van der Waals surface area contributed by atoms with Crippen molar-refractivity contribution in [1.29, 1.82) is 0 Å². The molecule has 7 nitrogen and oxygen atoms in total. The Hall–Kier alpha value is -3.74. The molecule has 0 saturated heterocycles. The lowest BCUT2D eigenvalue weighted by Gasteiger charge is -2.33. The molecule has 1 unspecified atom stereocenters. The zero-order chi connectivity index (χ0) is 21.5. The van der Waals surface area contributed by atoms with Crippen LogP contribution in [0.15, 0.2) is 60.9 Å². The first-order valence-electron chi connectivity index (χ1n) is 10.3. The van der Waals surface area contributed by atoms with Gasteiger partial charge in [0.05, 0.1) is 35.4 Å². The molecule has 1 aromatic heterocycles. The van der Waals surface area contributed by atoms with E-state index in [-0.39, 0.29) is 12.3 Å². The Morgan fingerprint density at radius 3 is 2.32 bits per heavy atom. The minimum atomic E-state index is -0.899. The molecule has 7 heteroatoms. The van der Waals surface area contributed by atoms with E-state index in [1.807, 2.05) is 41.9 Å². The molecule has 5 rings (SSSR count). The van der Waals surface area contributed by atoms with Crippen LogP contribution in [0.3, 0.4) is 0 Å². The molecule has 0 N–H and O–H groups in total. The van der Waals surface area contributed by atoms with Crippen molar-refractivity contribution in [3.8, 4) is 0 Å². The lowest BCUT2D eigenvalue weighted by molar-refractivity contribution is -0.136. The zero-order valence-electron chi connectivity index (χ0n) is 17.2. The van der Waals surface area contributed by atoms with Gasteiger partial charge in [-0.25, -0.2) is 4.98 Å². The van der Waals surface area contributed by atoms with Gasteiger partial charge in [-0.1, -0.05) is 42.5 Å². The summed E-state index contributed by atoms with van der Waals surface area (Å²) in [6, 6.07) is 15.4. The van der Waals surface area contributed by atoms with Crippen LogP contribution in [0.25, 0.3) is 0 Å². The second-order valence-electron chi connectivity index (χ2n) is 7.99. The number of aryl methyl sites for hydroxylation is 1. The van der Waals surface area contributed by atoms with Gasteiger partial charge in [-0.15, -0.1) is 0 Å². The number of amides is 3. The molecule has 0 fully saturated rings. The lowest BCUT2D eigenvalue weighted by atomic mass is 10.0. The number of carbonyl (C=O) groups excluding carboxylic acids is 3. The Bertz CT molecular complexity index is 1150. The highest BCUT2D eigenvalue weighted by Crippen LogP contribution is 2.28. The molecule has 0 radical (unpaired) electrons. The summed E-state index contributed by atoms with van der Waals surface area (Å²) < 4.78 is 1.92. The molecule has 2 aromatic carbocycles. The van der Waals surface area contributed by atoms with Crippen LogP contribution in [-0.2, 0) is 31.2 Å². The van der Waals surface area contributed by atoms with Crippen LogP contribution in [0.5, 0.6) is 0 Å². The van der Waals surface area contributed by atoms with Gasteiger partial charge in [-0.3, -0.25) is 19.3 Å². The number of benzene rings is 2. The van der Waals surface area contributed by atoms with Crippen LogP contribution in [-0.4, -0.2) is 49.7 Å². The maximum Gasteiger partial charge on any atom is 0.262 e. The topological polar surface area (TPSA) is 75.5 Å². The molecule has 31 heavy (non-hydrogen) atoms. The number of imidazole rings is 1. The van der Waals surface area contributed by atoms with Crippen LogP contribution in [0.1, 0.15) is 37.7 Å². The number of rotatable bonds is 4. The van der Waals surface area contributed by atoms with Crippen molar-refractivity contribution in [2.75, 3.05) is 6.54 Å². The molecule has 0 spiro atoms. The van der Waals surface area contributed by atoms with E-state index >= 15 is 0 Å². The zero-order valence-corrected chi connectivity index (χ0v) is 17.2. The maximum atomic E-state index is 13.7. The van der Waals surface area contributed by atoms with Crippen molar-refractivity contribution in [1.82, 2.24) is 19.4 Å². The standard InChI is InChI=1S/C24H22N4O3/c1-26-15-25-19-11-12-27(14-21(19)26)24(31)20(13-16-7-3-2-4-8-16)28-22(29)17-9-5-6-10-18(17)23(28)30/h2-10,15,20H,11-14H2,1H3. The average molecular weight is 414 g/mol. The molecule has 2 aliphatic heterocycles. The Kier molecular flexibility index (Phi) is 4.66. The minimum Gasteiger partial charge on any atom is -0.336 e. The number of imide groups is 1. The number of hydrogen-bond donors (Lipinski definition) is 0. The molecule has 3 aromatic rings. The van der Waals surface area contributed by atoms with Gasteiger partial charge in [-0.2, -0.15) is 0 Å². The summed E-state index contributed by atoms with van der Waals surface area (Å²) in [6.45, 7) is 0.927. The first-order chi connectivity index (χ1) is 15.0. The third kappa shape index (κ3) is 3.22. The lowest BCUT2D eigenvalue weighted by Crippen LogP contribution is -2.53. The monoisotopic (exact) mass is 414 g/mol. The number of nitrogens with zero attached hydrogens (tertiary/aromatic N) is 4. The summed E-state index contributed by atoms with van der Waals surface area (Å²) in [4.78, 5) is 47.3. The van der Waals surface area contributed by atoms with E-state index in [9.17, 15) is 14.4 Å². The molecule has 0 bridgehead atoms. The fraction of sp³-hybridized carbons (Fsp3) is 0.250. The summed E-state index contributed by atoms with van der Waals surface area (Å²) in [6.07, 6.45) is 2.69. The molecular weight excluding hydrogens is 392 g/mol. The van der Waals surface area contributed by atoms with Gasteiger partial charge < -0.3 is 9.47 Å². The number of fused-ring (bicyclic) bond motifs is 2. The molecule has 0 saturated carbocycles. The van der Waals surface area contributed by atoms with Gasteiger partial charge in [0.25, 0.3) is 11.8 Å². The molecule has 0 aliphatic carbocycles. The fourth-order valence-corrected chi connectivity index (χ4v) is 4.43. The second kappa shape index (κ2) is 7.50. The third-order valence-corrected chi connectivity index (χ3v) is 6.11. The predicted molar refractivity (Wildman–Crippen MR) is 113 cm³/mol. The van der Waals surface area contributed by atoms with Crippen molar-refractivity contribution < 1.29 is 14.4 Å². The van der Waals surface area contributed by atoms with Gasteiger partial charge in [0.2, 0.25) is 5.91 Å². The summed E-state index contributed by atoms with van der Waals surface area (Å²) in [5.74, 6) is -1.04. The molecular formula is C24H22N4O3. The summed E-state index contributed by atoms with van der Waals surface area (Å²) in [7, 11) is 1.91. The van der Waals surface area contributed by atoms with Crippen LogP contribution < -0.4 is 0 Å². The molecule has 2 aliphatic rings. The third-order valence-electron chi connectivity index (χ3n) is 6.11. The van der Waals surface area contributed by atoms with E-state index in [4.69, 9.17) is 0 Å². The van der Waals surface area contributed by atoms with Gasteiger partial charge in [-0.05, 0) is 17.7 Å². The van der Waals surface area contributed by atoms with Crippen LogP contribution in [0.4, 0.5) is 0 Å². The minimum absolute atomic E-state index is 0.217. The van der Waals surface area contributed by atoms with Gasteiger partial charge >= 0.3 is 0 Å². The maximum absolute atomic E-state index is 13.7. The average Bonchev–Trinajstić information content (AvgIpc) is 3.29. The Labute approximate surface area is 179 Å². The molecule has 3 heterocycles. The SMILES string of the molecule is Cn1cnc2c1CN(C(=O)C(Cc1ccccc1)N1C(=O)c3ccccc3C1=O)CC2. The van der Waals surface area contributed by atoms with Gasteiger partial charge in [0, 0.05) is 26.4 Å². The van der Waals surface area contributed by atoms with Crippen molar-refractivity contribution in [2.24, 2.45) is 7.05 Å². The predicted octanol–water partition coefficient (Wildman–Crippen LogP) is 2.21. The normalized spacial score (nSPS) is 16.3. The highest BCUT2D eigenvalue weighted by Gasteiger charge is 2.44. The van der Waals surface area contributed by atoms with E-state index < -0.39 is 17.9 Å². The van der Waals surface area contributed by atoms with Gasteiger partial charge in [0.1, 0.15) is 6.04 Å². The highest BCUT2D eigenvalue weighted by molar-refractivity contribution is 6.22. The van der Waals surface area contributed by atoms with E-state index in [1.165, 1.54) is 0 Å². The number of hydrogen-bond acceptors (Lipinski definition) is 4. The Morgan fingerprint density at radius 2 is 1.65 bits per heavy atom. The van der Waals surface area contributed by atoms with Crippen LogP contribution >= 0.6 is 0 Å². The van der Waals surface area contributed by atoms with Crippen molar-refractivity contribution in [2.45, 2.75) is 25.4 Å². The van der Waals surface area contributed by atoms with E-state index in [0.717, 1.165) is 21.9 Å². The van der Waals surface area contributed by atoms with E-state index in [0.29, 0.717) is 30.6 Å². The molecule has 3 amide bonds. The first kappa shape index (κ1) is 19.2. The molecule has 1 atom stereocenters. The summed E-state index contributed by atoms with van der Waals surface area (Å²) in [5, 5.41) is 0. The Balaban J connectivity index is 1.50. The van der Waals surface area contributed by atoms with Gasteiger partial charge in [0.15, 0.2) is 0 Å². The first-order valence-corrected chi connectivity index (χ1v) is 10.3.